The van der Waals surface area contributed by atoms with E-state index in [0.29, 0.717) is 29.3 Å². The molecule has 0 saturated heterocycles. The van der Waals surface area contributed by atoms with Crippen LogP contribution in [-0.2, 0) is 11.3 Å². The first-order valence-electron chi connectivity index (χ1n) is 11.6. The number of likely N-dealkylation sites (N-methyl/N-ethyl adjacent to an activating group) is 1. The highest BCUT2D eigenvalue weighted by Gasteiger charge is 2.19. The zero-order chi connectivity index (χ0) is 22.7. The zero-order valence-electron chi connectivity index (χ0n) is 19.2. The molecule has 0 bridgehead atoms. The van der Waals surface area contributed by atoms with E-state index in [-0.39, 0.29) is 18.0 Å². The van der Waals surface area contributed by atoms with Crippen LogP contribution in [0, 0.1) is 13.8 Å². The first-order chi connectivity index (χ1) is 15.5. The second-order valence-corrected chi connectivity index (χ2v) is 8.70. The van der Waals surface area contributed by atoms with E-state index in [4.69, 9.17) is 0 Å². The molecule has 6 nitrogen and oxygen atoms in total. The summed E-state index contributed by atoms with van der Waals surface area (Å²) in [5.41, 5.74) is 4.03. The fraction of sp³-hybridized carbons (Fsp3) is 0.423. The number of benzene rings is 1. The van der Waals surface area contributed by atoms with E-state index in [1.165, 1.54) is 43.5 Å². The number of nitrogens with zero attached hydrogens (tertiary/aromatic N) is 3. The number of amides is 1. The summed E-state index contributed by atoms with van der Waals surface area (Å²) in [5, 5.41) is 0.554. The normalized spacial score (nSPS) is 15.0. The molecule has 2 aromatic heterocycles. The lowest BCUT2D eigenvalue weighted by Crippen LogP contribution is -2.30. The summed E-state index contributed by atoms with van der Waals surface area (Å²) in [6, 6.07) is 9.98. The average molecular weight is 433 g/mol. The van der Waals surface area contributed by atoms with Gasteiger partial charge in [-0.3, -0.25) is 9.59 Å². The summed E-state index contributed by atoms with van der Waals surface area (Å²) < 4.78 is 2.45. The molecule has 1 aliphatic rings. The number of aromatic nitrogens is 3. The van der Waals surface area contributed by atoms with Crippen LogP contribution in [-0.4, -0.2) is 31.9 Å². The molecule has 3 aromatic rings. The van der Waals surface area contributed by atoms with Crippen LogP contribution in [0.3, 0.4) is 0 Å². The van der Waals surface area contributed by atoms with Crippen molar-refractivity contribution in [1.82, 2.24) is 19.4 Å². The smallest absolute Gasteiger partial charge is 0.258 e. The number of para-hydroxylation sites is 1. The summed E-state index contributed by atoms with van der Waals surface area (Å²) in [6.07, 6.45) is 9.95. The van der Waals surface area contributed by atoms with Gasteiger partial charge in [0, 0.05) is 30.1 Å². The van der Waals surface area contributed by atoms with Crippen molar-refractivity contribution in [3.8, 4) is 0 Å². The maximum absolute atomic E-state index is 12.9. The monoisotopic (exact) mass is 432 g/mol. The molecule has 2 heterocycles. The fourth-order valence-corrected chi connectivity index (χ4v) is 4.88. The Bertz CT molecular complexity index is 1200. The van der Waals surface area contributed by atoms with Crippen molar-refractivity contribution in [1.29, 1.82) is 0 Å². The van der Waals surface area contributed by atoms with Crippen LogP contribution < -0.4 is 5.56 Å². The summed E-state index contributed by atoms with van der Waals surface area (Å²) in [4.78, 5) is 34.3. The molecule has 1 aromatic carbocycles. The summed E-state index contributed by atoms with van der Waals surface area (Å²) in [5.74, 6) is 0.401. The Morgan fingerprint density at radius 3 is 2.72 bits per heavy atom. The number of H-pyrrole nitrogens is 1. The summed E-state index contributed by atoms with van der Waals surface area (Å²) in [7, 11) is 0. The largest absolute Gasteiger partial charge is 0.346 e. The van der Waals surface area contributed by atoms with Gasteiger partial charge in [0.15, 0.2) is 0 Å². The van der Waals surface area contributed by atoms with Crippen LogP contribution in [0.1, 0.15) is 67.8 Å². The number of aryl methyl sites for hydroxylation is 1. The van der Waals surface area contributed by atoms with Gasteiger partial charge in [0.2, 0.25) is 5.91 Å². The van der Waals surface area contributed by atoms with Crippen LogP contribution >= 0.6 is 0 Å². The highest BCUT2D eigenvalue weighted by atomic mass is 16.2. The fourth-order valence-electron chi connectivity index (χ4n) is 4.88. The highest BCUT2D eigenvalue weighted by Crippen LogP contribution is 2.32. The lowest BCUT2D eigenvalue weighted by Gasteiger charge is -2.26. The predicted octanol–water partition coefficient (Wildman–Crippen LogP) is 4.91. The second-order valence-electron chi connectivity index (χ2n) is 8.70. The highest BCUT2D eigenvalue weighted by molar-refractivity contribution is 5.92. The third kappa shape index (κ3) is 4.54. The lowest BCUT2D eigenvalue weighted by molar-refractivity contribution is -0.126. The van der Waals surface area contributed by atoms with Gasteiger partial charge in [-0.25, -0.2) is 4.98 Å². The summed E-state index contributed by atoms with van der Waals surface area (Å²) in [6.45, 7) is 7.02. The molecule has 4 rings (SSSR count). The number of hydrogen-bond donors (Lipinski definition) is 1. The van der Waals surface area contributed by atoms with Crippen molar-refractivity contribution in [2.24, 2.45) is 0 Å². The topological polar surface area (TPSA) is 71.0 Å². The first kappa shape index (κ1) is 22.1. The maximum atomic E-state index is 12.9. The van der Waals surface area contributed by atoms with Crippen LogP contribution in [0.15, 0.2) is 41.2 Å². The van der Waals surface area contributed by atoms with E-state index in [2.05, 4.69) is 34.4 Å². The van der Waals surface area contributed by atoms with E-state index in [9.17, 15) is 9.59 Å². The number of nitrogens with one attached hydrogen (secondary N) is 1. The predicted molar refractivity (Wildman–Crippen MR) is 129 cm³/mol. The third-order valence-corrected chi connectivity index (χ3v) is 6.56. The standard InChI is InChI=1S/C26H32N4O2/c1-4-29(17-24-27-23-13-9-8-12-22(23)26(32)28-24)25(31)15-14-20-16-18(2)30(19(20)3)21-10-6-5-7-11-21/h8-9,12-16,21H,4-7,10-11,17H2,1-3H3,(H,27,28,32)/b15-14+. The Kier molecular flexibility index (Phi) is 6.58. The maximum Gasteiger partial charge on any atom is 0.258 e. The van der Waals surface area contributed by atoms with E-state index in [0.717, 1.165) is 5.56 Å². The number of hydrogen-bond acceptors (Lipinski definition) is 3. The van der Waals surface area contributed by atoms with Gasteiger partial charge < -0.3 is 14.5 Å². The third-order valence-electron chi connectivity index (χ3n) is 6.56. The van der Waals surface area contributed by atoms with Gasteiger partial charge in [-0.2, -0.15) is 0 Å². The molecule has 1 aliphatic carbocycles. The molecule has 168 valence electrons. The molecule has 0 aliphatic heterocycles. The second kappa shape index (κ2) is 9.55. The van der Waals surface area contributed by atoms with Crippen molar-refractivity contribution in [3.63, 3.8) is 0 Å². The number of fused-ring (bicyclic) bond motifs is 1. The first-order valence-corrected chi connectivity index (χ1v) is 11.6. The minimum Gasteiger partial charge on any atom is -0.346 e. The minimum atomic E-state index is -0.181. The van der Waals surface area contributed by atoms with Crippen molar-refractivity contribution in [3.05, 3.63) is 69.5 Å². The molecule has 32 heavy (non-hydrogen) atoms. The van der Waals surface area contributed by atoms with Crippen LogP contribution in [0.5, 0.6) is 0 Å². The van der Waals surface area contributed by atoms with Crippen molar-refractivity contribution in [2.45, 2.75) is 65.5 Å². The van der Waals surface area contributed by atoms with Gasteiger partial charge >= 0.3 is 0 Å². The molecule has 0 unspecified atom stereocenters. The SMILES string of the molecule is CCN(Cc1nc2ccccc2c(=O)[nH]1)C(=O)/C=C/c1cc(C)n(C2CCCCC2)c1C. The molecule has 6 heteroatoms. The van der Waals surface area contributed by atoms with Gasteiger partial charge in [0.05, 0.1) is 17.4 Å². The number of rotatable bonds is 6. The molecule has 0 radical (unpaired) electrons. The molecule has 1 N–H and O–H groups in total. The molecule has 0 atom stereocenters. The van der Waals surface area contributed by atoms with Gasteiger partial charge in [-0.15, -0.1) is 0 Å². The summed E-state index contributed by atoms with van der Waals surface area (Å²) >= 11 is 0. The Labute approximate surface area is 189 Å². The van der Waals surface area contributed by atoms with Gasteiger partial charge in [0.25, 0.3) is 5.56 Å². The number of aromatic amines is 1. The molecule has 0 spiro atoms. The van der Waals surface area contributed by atoms with Crippen LogP contribution in [0.4, 0.5) is 0 Å². The van der Waals surface area contributed by atoms with Crippen molar-refractivity contribution < 1.29 is 4.79 Å². The average Bonchev–Trinajstić information content (AvgIpc) is 3.09. The van der Waals surface area contributed by atoms with Gasteiger partial charge in [-0.1, -0.05) is 31.4 Å². The quantitative estimate of drug-likeness (QED) is 0.563. The lowest BCUT2D eigenvalue weighted by atomic mass is 9.95. The molecular weight excluding hydrogens is 400 g/mol. The molecule has 1 saturated carbocycles. The Morgan fingerprint density at radius 1 is 1.22 bits per heavy atom. The minimum absolute atomic E-state index is 0.0919. The van der Waals surface area contributed by atoms with E-state index in [1.807, 2.05) is 31.2 Å². The van der Waals surface area contributed by atoms with Crippen LogP contribution in [0.25, 0.3) is 17.0 Å². The van der Waals surface area contributed by atoms with E-state index >= 15 is 0 Å². The molecule has 1 amide bonds. The van der Waals surface area contributed by atoms with Gasteiger partial charge in [-0.05, 0) is 63.5 Å². The van der Waals surface area contributed by atoms with E-state index in [1.54, 1.807) is 17.0 Å². The van der Waals surface area contributed by atoms with E-state index < -0.39 is 0 Å². The molecule has 1 fully saturated rings. The number of carbonyl (C=O) groups is 1. The van der Waals surface area contributed by atoms with Crippen molar-refractivity contribution >= 4 is 22.9 Å². The Morgan fingerprint density at radius 2 is 1.97 bits per heavy atom. The Hall–Kier alpha value is -3.15. The van der Waals surface area contributed by atoms with Gasteiger partial charge in [0.1, 0.15) is 5.82 Å². The molecular formula is C26H32N4O2. The van der Waals surface area contributed by atoms with Crippen molar-refractivity contribution in [2.75, 3.05) is 6.54 Å². The number of carbonyl (C=O) groups excluding carboxylic acids is 1. The zero-order valence-corrected chi connectivity index (χ0v) is 19.2. The van der Waals surface area contributed by atoms with Crippen LogP contribution in [0.2, 0.25) is 0 Å². The Balaban J connectivity index is 1.51.